The number of hydrogen-bond acceptors (Lipinski definition) is 4. The van der Waals surface area contributed by atoms with E-state index < -0.39 is 30.0 Å². The number of benzene rings is 1. The van der Waals surface area contributed by atoms with Gasteiger partial charge in [0.05, 0.1) is 0 Å². The molecule has 172 valence electrons. The van der Waals surface area contributed by atoms with Gasteiger partial charge in [-0.05, 0) is 36.5 Å². The van der Waals surface area contributed by atoms with Crippen LogP contribution in [0.5, 0.6) is 0 Å². The van der Waals surface area contributed by atoms with Gasteiger partial charge in [-0.1, -0.05) is 50.2 Å². The Morgan fingerprint density at radius 1 is 1.19 bits per heavy atom. The fraction of sp³-hybridized carbons (Fsp3) is 0.458. The van der Waals surface area contributed by atoms with Crippen molar-refractivity contribution in [2.75, 3.05) is 13.6 Å². The molecule has 1 aromatic carbocycles. The number of nitrogens with zero attached hydrogens (tertiary/aromatic N) is 3. The van der Waals surface area contributed by atoms with Crippen LogP contribution in [0, 0.1) is 5.92 Å². The average molecular weight is 446 g/mol. The second kappa shape index (κ2) is 10.1. The Bertz CT molecular complexity index is 909. The first-order valence-electron chi connectivity index (χ1n) is 10.8. The van der Waals surface area contributed by atoms with Gasteiger partial charge >= 0.3 is 17.9 Å². The number of halogens is 2. The number of alkyl halides is 2. The van der Waals surface area contributed by atoms with Crippen LogP contribution in [0.1, 0.15) is 37.9 Å². The molecule has 0 spiro atoms. The SMILES string of the molecule is CC(C)[C@@H](C(=O)OCc1ccccc1)N(C)C(=O)N1CCC[C@@H]1C(F)(F)c1ccccn1. The maximum atomic E-state index is 15.2. The summed E-state index contributed by atoms with van der Waals surface area (Å²) in [6.45, 7) is 3.86. The molecule has 6 nitrogen and oxygen atoms in total. The van der Waals surface area contributed by atoms with Crippen LogP contribution < -0.4 is 0 Å². The lowest BCUT2D eigenvalue weighted by atomic mass is 10.0. The van der Waals surface area contributed by atoms with E-state index in [0.717, 1.165) is 10.5 Å². The summed E-state index contributed by atoms with van der Waals surface area (Å²) in [6.07, 6.45) is 1.93. The molecule has 1 aliphatic heterocycles. The molecule has 2 atom stereocenters. The smallest absolute Gasteiger partial charge is 0.329 e. The average Bonchev–Trinajstić information content (AvgIpc) is 3.29. The van der Waals surface area contributed by atoms with Crippen LogP contribution in [0.2, 0.25) is 0 Å². The monoisotopic (exact) mass is 445 g/mol. The summed E-state index contributed by atoms with van der Waals surface area (Å²) in [5.41, 5.74) is 0.460. The minimum absolute atomic E-state index is 0.0784. The molecule has 2 amide bonds. The number of pyridine rings is 1. The summed E-state index contributed by atoms with van der Waals surface area (Å²) in [4.78, 5) is 32.3. The van der Waals surface area contributed by atoms with E-state index in [9.17, 15) is 9.59 Å². The molecule has 8 heteroatoms. The lowest BCUT2D eigenvalue weighted by molar-refractivity contribution is -0.151. The highest BCUT2D eigenvalue weighted by Crippen LogP contribution is 2.39. The summed E-state index contributed by atoms with van der Waals surface area (Å²) in [6, 6.07) is 10.7. The molecule has 1 saturated heterocycles. The Kier molecular flexibility index (Phi) is 7.43. The minimum Gasteiger partial charge on any atom is -0.459 e. The van der Waals surface area contributed by atoms with Crippen LogP contribution in [0.25, 0.3) is 0 Å². The highest BCUT2D eigenvalue weighted by molar-refractivity contribution is 5.84. The van der Waals surface area contributed by atoms with E-state index in [4.69, 9.17) is 4.74 Å². The van der Waals surface area contributed by atoms with E-state index in [1.165, 1.54) is 30.3 Å². The van der Waals surface area contributed by atoms with Gasteiger partial charge in [-0.3, -0.25) is 4.98 Å². The number of urea groups is 1. The van der Waals surface area contributed by atoms with Crippen LogP contribution in [-0.4, -0.2) is 52.5 Å². The van der Waals surface area contributed by atoms with Crippen LogP contribution in [0.3, 0.4) is 0 Å². The molecule has 1 fully saturated rings. The van der Waals surface area contributed by atoms with Gasteiger partial charge in [-0.25, -0.2) is 9.59 Å². The van der Waals surface area contributed by atoms with Crippen molar-refractivity contribution in [2.24, 2.45) is 5.92 Å². The Hall–Kier alpha value is -3.03. The zero-order valence-corrected chi connectivity index (χ0v) is 18.6. The Labute approximate surface area is 187 Å². The van der Waals surface area contributed by atoms with Crippen molar-refractivity contribution in [1.82, 2.24) is 14.8 Å². The van der Waals surface area contributed by atoms with E-state index in [1.807, 2.05) is 30.3 Å². The van der Waals surface area contributed by atoms with Gasteiger partial charge in [0.2, 0.25) is 0 Å². The molecule has 1 aromatic heterocycles. The summed E-state index contributed by atoms with van der Waals surface area (Å²) >= 11 is 0. The van der Waals surface area contributed by atoms with Gasteiger partial charge in [-0.15, -0.1) is 0 Å². The minimum atomic E-state index is -3.30. The Morgan fingerprint density at radius 2 is 1.88 bits per heavy atom. The van der Waals surface area contributed by atoms with Crippen molar-refractivity contribution >= 4 is 12.0 Å². The fourth-order valence-corrected chi connectivity index (χ4v) is 4.12. The molecule has 2 heterocycles. The third-order valence-corrected chi connectivity index (χ3v) is 5.74. The molecule has 2 aromatic rings. The van der Waals surface area contributed by atoms with Crippen LogP contribution >= 0.6 is 0 Å². The molecule has 0 N–H and O–H groups in total. The molecule has 0 radical (unpaired) electrons. The predicted octanol–water partition coefficient (Wildman–Crippen LogP) is 4.46. The normalized spacial score (nSPS) is 17.3. The zero-order valence-electron chi connectivity index (χ0n) is 18.6. The fourth-order valence-electron chi connectivity index (χ4n) is 4.12. The first kappa shape index (κ1) is 23.6. The largest absolute Gasteiger partial charge is 0.459 e. The molecule has 0 bridgehead atoms. The number of hydrogen-bond donors (Lipinski definition) is 0. The number of esters is 1. The number of ether oxygens (including phenoxy) is 1. The number of amides is 2. The summed E-state index contributed by atoms with van der Waals surface area (Å²) in [5.74, 6) is -4.12. The first-order chi connectivity index (χ1) is 15.2. The molecular formula is C24H29F2N3O3. The van der Waals surface area contributed by atoms with Gasteiger partial charge in [0.15, 0.2) is 0 Å². The summed E-state index contributed by atoms with van der Waals surface area (Å²) in [5, 5.41) is 0. The summed E-state index contributed by atoms with van der Waals surface area (Å²) in [7, 11) is 1.46. The number of carbonyl (C=O) groups excluding carboxylic acids is 2. The number of likely N-dealkylation sites (tertiary alicyclic amines) is 1. The van der Waals surface area contributed by atoms with Gasteiger partial charge in [0, 0.05) is 19.8 Å². The van der Waals surface area contributed by atoms with Crippen LogP contribution in [0.15, 0.2) is 54.7 Å². The van der Waals surface area contributed by atoms with Crippen molar-refractivity contribution in [2.45, 2.75) is 51.3 Å². The van der Waals surface area contributed by atoms with Gasteiger partial charge in [0.25, 0.3) is 0 Å². The number of carbonyl (C=O) groups is 2. The van der Waals surface area contributed by atoms with Crippen molar-refractivity contribution in [1.29, 1.82) is 0 Å². The number of rotatable bonds is 7. The molecule has 3 rings (SSSR count). The maximum Gasteiger partial charge on any atom is 0.329 e. The zero-order chi connectivity index (χ0) is 23.3. The number of aromatic nitrogens is 1. The topological polar surface area (TPSA) is 62.7 Å². The molecule has 0 unspecified atom stereocenters. The van der Waals surface area contributed by atoms with E-state index in [-0.39, 0.29) is 31.2 Å². The van der Waals surface area contributed by atoms with E-state index in [2.05, 4.69) is 4.98 Å². The lowest BCUT2D eigenvalue weighted by Crippen LogP contribution is -2.55. The Morgan fingerprint density at radius 3 is 2.50 bits per heavy atom. The second-order valence-corrected chi connectivity index (χ2v) is 8.37. The van der Waals surface area contributed by atoms with E-state index >= 15 is 8.78 Å². The summed E-state index contributed by atoms with van der Waals surface area (Å²) < 4.78 is 35.8. The second-order valence-electron chi connectivity index (χ2n) is 8.37. The highest BCUT2D eigenvalue weighted by atomic mass is 19.3. The Balaban J connectivity index is 1.74. The molecule has 32 heavy (non-hydrogen) atoms. The van der Waals surface area contributed by atoms with E-state index in [1.54, 1.807) is 19.9 Å². The molecule has 0 saturated carbocycles. The molecular weight excluding hydrogens is 416 g/mol. The van der Waals surface area contributed by atoms with Crippen molar-refractivity contribution in [3.8, 4) is 0 Å². The maximum absolute atomic E-state index is 15.2. The third-order valence-electron chi connectivity index (χ3n) is 5.74. The van der Waals surface area contributed by atoms with Crippen LogP contribution in [0.4, 0.5) is 13.6 Å². The highest BCUT2D eigenvalue weighted by Gasteiger charge is 2.50. The van der Waals surface area contributed by atoms with Gasteiger partial charge < -0.3 is 14.5 Å². The third kappa shape index (κ3) is 5.06. The van der Waals surface area contributed by atoms with Crippen molar-refractivity contribution in [3.63, 3.8) is 0 Å². The van der Waals surface area contributed by atoms with Crippen molar-refractivity contribution in [3.05, 3.63) is 66.0 Å². The van der Waals surface area contributed by atoms with Crippen LogP contribution in [-0.2, 0) is 22.1 Å². The first-order valence-corrected chi connectivity index (χ1v) is 10.8. The number of likely N-dealkylation sites (N-methyl/N-ethyl adjacent to an activating group) is 1. The molecule has 0 aliphatic carbocycles. The van der Waals surface area contributed by atoms with Gasteiger partial charge in [0.1, 0.15) is 24.4 Å². The lowest BCUT2D eigenvalue weighted by Gasteiger charge is -2.37. The quantitative estimate of drug-likeness (QED) is 0.591. The predicted molar refractivity (Wildman–Crippen MR) is 116 cm³/mol. The van der Waals surface area contributed by atoms with Gasteiger partial charge in [-0.2, -0.15) is 8.78 Å². The van der Waals surface area contributed by atoms with Crippen molar-refractivity contribution < 1.29 is 23.1 Å². The van der Waals surface area contributed by atoms with E-state index in [0.29, 0.717) is 6.42 Å². The molecule has 1 aliphatic rings. The standard InChI is InChI=1S/C24H29F2N3O3/c1-17(2)21(22(30)32-16-18-10-5-4-6-11-18)28(3)23(31)29-15-9-13-20(29)24(25,26)19-12-7-8-14-27-19/h4-8,10-12,14,17,20-21H,9,13,15-16H2,1-3H3/t20-,21+/m1/s1.